The van der Waals surface area contributed by atoms with Gasteiger partial charge in [-0.05, 0) is 41.5 Å². The number of fused-ring (bicyclic) bond motifs is 1. The summed E-state index contributed by atoms with van der Waals surface area (Å²) in [6, 6.07) is 20.0. The number of amides is 3. The second-order valence-corrected chi connectivity index (χ2v) is 10.6. The number of benzene rings is 3. The number of hydrogen-bond donors (Lipinski definition) is 2. The van der Waals surface area contributed by atoms with Gasteiger partial charge in [0.05, 0.1) is 30.4 Å². The highest BCUT2D eigenvalue weighted by atomic mass is 19.1. The zero-order valence-corrected chi connectivity index (χ0v) is 22.8. The molecule has 3 amide bonds. The second kappa shape index (κ2) is 11.6. The Morgan fingerprint density at radius 2 is 1.74 bits per heavy atom. The molecule has 0 unspecified atom stereocenters. The first-order chi connectivity index (χ1) is 20.4. The van der Waals surface area contributed by atoms with Gasteiger partial charge in [0.25, 0.3) is 11.8 Å². The first-order valence-corrected chi connectivity index (χ1v) is 13.8. The lowest BCUT2D eigenvalue weighted by atomic mass is 10.1. The zero-order valence-electron chi connectivity index (χ0n) is 22.8. The molecular weight excluding hydrogens is 539 g/mol. The molecule has 3 aromatic rings. The van der Waals surface area contributed by atoms with Crippen LogP contribution >= 0.6 is 0 Å². The minimum atomic E-state index is -0.914. The van der Waals surface area contributed by atoms with Gasteiger partial charge in [-0.2, -0.15) is 5.26 Å². The number of piperazine rings is 2. The van der Waals surface area contributed by atoms with E-state index in [4.69, 9.17) is 10.00 Å². The fourth-order valence-corrected chi connectivity index (χ4v) is 5.59. The molecule has 1 atom stereocenters. The molecule has 0 aromatic heterocycles. The molecule has 0 spiro atoms. The number of nitrogens with one attached hydrogen (secondary N) is 2. The SMILES string of the molecule is N#Cc1ccc(N2CCN(Cc3ccc(COc4cccc5c4CN([C@H]4NCC(=O)NC4=O)C5=O)cc3)CC2)c(F)c1. The molecule has 3 aromatic carbocycles. The van der Waals surface area contributed by atoms with Crippen molar-refractivity contribution in [2.75, 3.05) is 37.6 Å². The zero-order chi connectivity index (χ0) is 29.2. The largest absolute Gasteiger partial charge is 0.489 e. The third-order valence-corrected chi connectivity index (χ3v) is 7.84. The Morgan fingerprint density at radius 1 is 0.976 bits per heavy atom. The molecule has 0 saturated carbocycles. The van der Waals surface area contributed by atoms with E-state index in [1.54, 1.807) is 24.3 Å². The summed E-state index contributed by atoms with van der Waals surface area (Å²) in [6.07, 6.45) is -0.914. The van der Waals surface area contributed by atoms with Gasteiger partial charge in [0.2, 0.25) is 5.91 Å². The van der Waals surface area contributed by atoms with Gasteiger partial charge in [0.1, 0.15) is 18.2 Å². The predicted octanol–water partition coefficient (Wildman–Crippen LogP) is 2.13. The maximum absolute atomic E-state index is 14.4. The van der Waals surface area contributed by atoms with E-state index >= 15 is 0 Å². The maximum Gasteiger partial charge on any atom is 0.264 e. The van der Waals surface area contributed by atoms with E-state index in [0.717, 1.165) is 30.8 Å². The number of halogens is 1. The van der Waals surface area contributed by atoms with Crippen LogP contribution in [-0.2, 0) is 29.3 Å². The molecule has 11 heteroatoms. The summed E-state index contributed by atoms with van der Waals surface area (Å²) in [4.78, 5) is 42.5. The molecule has 10 nitrogen and oxygen atoms in total. The van der Waals surface area contributed by atoms with Gasteiger partial charge in [-0.1, -0.05) is 30.3 Å². The Bertz CT molecular complexity index is 1580. The maximum atomic E-state index is 14.4. The highest BCUT2D eigenvalue weighted by Crippen LogP contribution is 2.32. The quantitative estimate of drug-likeness (QED) is 0.417. The highest BCUT2D eigenvalue weighted by Gasteiger charge is 2.40. The van der Waals surface area contributed by atoms with Crippen LogP contribution in [0.2, 0.25) is 0 Å². The molecule has 42 heavy (non-hydrogen) atoms. The molecule has 2 fully saturated rings. The fraction of sp³-hybridized carbons (Fsp3) is 0.290. The lowest BCUT2D eigenvalue weighted by molar-refractivity contribution is -0.137. The van der Waals surface area contributed by atoms with Crippen LogP contribution in [0.4, 0.5) is 10.1 Å². The molecule has 214 valence electrons. The first kappa shape index (κ1) is 27.4. The van der Waals surface area contributed by atoms with E-state index in [-0.39, 0.29) is 24.8 Å². The van der Waals surface area contributed by atoms with Gasteiger partial charge in [0.15, 0.2) is 6.17 Å². The highest BCUT2D eigenvalue weighted by molar-refractivity contribution is 6.05. The Balaban J connectivity index is 1.02. The van der Waals surface area contributed by atoms with E-state index in [9.17, 15) is 18.8 Å². The van der Waals surface area contributed by atoms with Crippen LogP contribution in [0.15, 0.2) is 60.7 Å². The number of anilines is 1. The van der Waals surface area contributed by atoms with Crippen molar-refractivity contribution in [3.8, 4) is 11.8 Å². The molecule has 6 rings (SSSR count). The average molecular weight is 569 g/mol. The summed E-state index contributed by atoms with van der Waals surface area (Å²) in [5, 5.41) is 14.1. The number of hydrogen-bond acceptors (Lipinski definition) is 8. The average Bonchev–Trinajstić information content (AvgIpc) is 3.33. The van der Waals surface area contributed by atoms with Crippen molar-refractivity contribution in [1.29, 1.82) is 5.26 Å². The Labute approximate surface area is 242 Å². The molecule has 2 saturated heterocycles. The second-order valence-electron chi connectivity index (χ2n) is 10.6. The fourth-order valence-electron chi connectivity index (χ4n) is 5.59. The van der Waals surface area contributed by atoms with E-state index in [2.05, 4.69) is 27.7 Å². The van der Waals surface area contributed by atoms with Gasteiger partial charge in [-0.3, -0.25) is 29.9 Å². The van der Waals surface area contributed by atoms with Crippen LogP contribution in [-0.4, -0.2) is 66.4 Å². The van der Waals surface area contributed by atoms with Gasteiger partial charge < -0.3 is 14.5 Å². The molecular formula is C31H29FN6O4. The van der Waals surface area contributed by atoms with Gasteiger partial charge in [-0.15, -0.1) is 0 Å². The van der Waals surface area contributed by atoms with Crippen LogP contribution in [0.25, 0.3) is 0 Å². The predicted molar refractivity (Wildman–Crippen MR) is 151 cm³/mol. The summed E-state index contributed by atoms with van der Waals surface area (Å²) < 4.78 is 20.5. The van der Waals surface area contributed by atoms with Crippen molar-refractivity contribution >= 4 is 23.4 Å². The number of ether oxygens (including phenoxy) is 1. The molecule has 0 aliphatic carbocycles. The summed E-state index contributed by atoms with van der Waals surface area (Å²) in [6.45, 7) is 4.27. The monoisotopic (exact) mass is 568 g/mol. The third-order valence-electron chi connectivity index (χ3n) is 7.84. The molecule has 3 aliphatic rings. The van der Waals surface area contributed by atoms with E-state index < -0.39 is 18.0 Å². The molecule has 0 bridgehead atoms. The minimum Gasteiger partial charge on any atom is -0.489 e. The minimum absolute atomic E-state index is 0.0370. The van der Waals surface area contributed by atoms with Crippen molar-refractivity contribution < 1.29 is 23.5 Å². The van der Waals surface area contributed by atoms with Crippen molar-refractivity contribution in [3.05, 3.63) is 94.3 Å². The normalized spacial score (nSPS) is 19.0. The summed E-state index contributed by atoms with van der Waals surface area (Å²) >= 11 is 0. The van der Waals surface area contributed by atoms with E-state index in [1.165, 1.54) is 11.0 Å². The summed E-state index contributed by atoms with van der Waals surface area (Å²) in [5.74, 6) is -1.04. The van der Waals surface area contributed by atoms with E-state index in [0.29, 0.717) is 47.8 Å². The standard InChI is InChI=1S/C31H29FN6O4/c32-25-14-22(15-33)8-9-26(25)37-12-10-36(11-13-37)17-20-4-6-21(7-5-20)19-42-27-3-1-2-23-24(27)18-38(31(23)41)29-30(40)35-28(39)16-34-29/h1-9,14,29,34H,10-13,16-19H2,(H,35,39,40)/t29-/m1/s1. The Kier molecular flexibility index (Phi) is 7.56. The van der Waals surface area contributed by atoms with Crippen molar-refractivity contribution in [3.63, 3.8) is 0 Å². The smallest absolute Gasteiger partial charge is 0.264 e. The molecule has 2 N–H and O–H groups in total. The first-order valence-electron chi connectivity index (χ1n) is 13.8. The number of imide groups is 1. The van der Waals surface area contributed by atoms with Crippen LogP contribution in [0.5, 0.6) is 5.75 Å². The van der Waals surface area contributed by atoms with E-state index in [1.807, 2.05) is 29.2 Å². The molecule has 3 heterocycles. The van der Waals surface area contributed by atoms with Crippen LogP contribution in [0, 0.1) is 17.1 Å². The van der Waals surface area contributed by atoms with Gasteiger partial charge in [-0.25, -0.2) is 4.39 Å². The van der Waals surface area contributed by atoms with Crippen LogP contribution < -0.4 is 20.3 Å². The number of rotatable bonds is 7. The van der Waals surface area contributed by atoms with Crippen molar-refractivity contribution in [2.45, 2.75) is 25.9 Å². The lowest BCUT2D eigenvalue weighted by Crippen LogP contribution is -2.62. The molecule has 3 aliphatic heterocycles. The van der Waals surface area contributed by atoms with Crippen LogP contribution in [0.1, 0.15) is 32.6 Å². The summed E-state index contributed by atoms with van der Waals surface area (Å²) in [5.41, 5.74) is 4.19. The number of nitriles is 1. The van der Waals surface area contributed by atoms with Gasteiger partial charge >= 0.3 is 0 Å². The van der Waals surface area contributed by atoms with Crippen molar-refractivity contribution in [2.24, 2.45) is 0 Å². The Morgan fingerprint density at radius 3 is 2.45 bits per heavy atom. The lowest BCUT2D eigenvalue weighted by Gasteiger charge is -2.36. The third kappa shape index (κ3) is 5.54. The number of nitrogens with zero attached hydrogens (tertiary/aromatic N) is 4. The van der Waals surface area contributed by atoms with Gasteiger partial charge in [0, 0.05) is 43.9 Å². The summed E-state index contributed by atoms with van der Waals surface area (Å²) in [7, 11) is 0. The number of carbonyl (C=O) groups is 3. The molecule has 0 radical (unpaired) electrons. The number of carbonyl (C=O) groups excluding carboxylic acids is 3. The Hall–Kier alpha value is -4.79. The van der Waals surface area contributed by atoms with Crippen LogP contribution in [0.3, 0.4) is 0 Å². The topological polar surface area (TPSA) is 118 Å². The van der Waals surface area contributed by atoms with Crippen molar-refractivity contribution in [1.82, 2.24) is 20.4 Å².